The van der Waals surface area contributed by atoms with Crippen molar-refractivity contribution in [2.45, 2.75) is 0 Å². The molecule has 3 nitrogen and oxygen atoms in total. The maximum Gasteiger partial charge on any atom is 0.338 e. The molecule has 0 N–H and O–H groups in total. The zero-order valence-corrected chi connectivity index (χ0v) is 13.1. The molecule has 0 aliphatic carbocycles. The summed E-state index contributed by atoms with van der Waals surface area (Å²) in [5.74, 6) is -0.528. The molecule has 0 bridgehead atoms. The Labute approximate surface area is 135 Å². The summed E-state index contributed by atoms with van der Waals surface area (Å²) in [6, 6.07) is 6.01. The zero-order valence-electron chi connectivity index (χ0n) is 10.1. The molecule has 0 aliphatic rings. The lowest BCUT2D eigenvalue weighted by molar-refractivity contribution is 0.0600. The van der Waals surface area contributed by atoms with Gasteiger partial charge < -0.3 is 4.74 Å². The molecular weight excluding hydrogens is 344 g/mol. The largest absolute Gasteiger partial charge is 0.465 e. The lowest BCUT2D eigenvalue weighted by Crippen LogP contribution is -2.02. The fourth-order valence-corrected chi connectivity index (χ4v) is 2.52. The smallest absolute Gasteiger partial charge is 0.338 e. The van der Waals surface area contributed by atoms with Crippen molar-refractivity contribution in [3.05, 3.63) is 50.0 Å². The number of pyridine rings is 1. The standard InChI is InChI=1S/C13H7Cl4NO2/c1-20-13(19)6-2-10(18-11(16)3-6)8-4-7(14)5-9(15)12(8)17/h2-5H,1H3. The molecule has 0 radical (unpaired) electrons. The second-order valence-electron chi connectivity index (χ2n) is 3.80. The Bertz CT molecular complexity index is 688. The number of methoxy groups -OCH3 is 1. The fraction of sp³-hybridized carbons (Fsp3) is 0.0769. The van der Waals surface area contributed by atoms with Crippen LogP contribution in [0.5, 0.6) is 0 Å². The van der Waals surface area contributed by atoms with Crippen LogP contribution in [0.3, 0.4) is 0 Å². The SMILES string of the molecule is COC(=O)c1cc(Cl)nc(-c2cc(Cl)cc(Cl)c2Cl)c1. The van der Waals surface area contributed by atoms with Crippen LogP contribution in [-0.4, -0.2) is 18.1 Å². The molecule has 0 saturated heterocycles. The van der Waals surface area contributed by atoms with E-state index in [4.69, 9.17) is 46.4 Å². The van der Waals surface area contributed by atoms with E-state index in [-0.39, 0.29) is 20.8 Å². The maximum atomic E-state index is 11.6. The molecule has 104 valence electrons. The highest BCUT2D eigenvalue weighted by molar-refractivity contribution is 6.45. The minimum Gasteiger partial charge on any atom is -0.465 e. The highest BCUT2D eigenvalue weighted by Crippen LogP contribution is 2.36. The van der Waals surface area contributed by atoms with Crippen molar-refractivity contribution in [1.29, 1.82) is 0 Å². The molecule has 0 saturated carbocycles. The second-order valence-corrected chi connectivity index (χ2v) is 5.41. The Morgan fingerprint density at radius 3 is 2.45 bits per heavy atom. The first-order valence-corrected chi connectivity index (χ1v) is 6.84. The number of nitrogens with zero attached hydrogens (tertiary/aromatic N) is 1. The van der Waals surface area contributed by atoms with Crippen LogP contribution in [-0.2, 0) is 4.74 Å². The van der Waals surface area contributed by atoms with Crippen molar-refractivity contribution >= 4 is 52.4 Å². The van der Waals surface area contributed by atoms with E-state index in [1.807, 2.05) is 0 Å². The van der Waals surface area contributed by atoms with Crippen LogP contribution in [0.25, 0.3) is 11.3 Å². The number of carbonyl (C=O) groups excluding carboxylic acids is 1. The van der Waals surface area contributed by atoms with Gasteiger partial charge in [0.25, 0.3) is 0 Å². The molecule has 2 rings (SSSR count). The highest BCUT2D eigenvalue weighted by Gasteiger charge is 2.15. The normalized spacial score (nSPS) is 10.4. The van der Waals surface area contributed by atoms with Gasteiger partial charge in [-0.15, -0.1) is 0 Å². The molecule has 0 aliphatic heterocycles. The Morgan fingerprint density at radius 1 is 1.10 bits per heavy atom. The molecule has 20 heavy (non-hydrogen) atoms. The second kappa shape index (κ2) is 6.19. The number of benzene rings is 1. The topological polar surface area (TPSA) is 39.2 Å². The summed E-state index contributed by atoms with van der Waals surface area (Å²) >= 11 is 23.9. The van der Waals surface area contributed by atoms with Crippen LogP contribution in [0.1, 0.15) is 10.4 Å². The maximum absolute atomic E-state index is 11.6. The predicted octanol–water partition coefficient (Wildman–Crippen LogP) is 5.15. The zero-order chi connectivity index (χ0) is 14.9. The molecule has 1 heterocycles. The predicted molar refractivity (Wildman–Crippen MR) is 81.1 cm³/mol. The van der Waals surface area contributed by atoms with Crippen molar-refractivity contribution < 1.29 is 9.53 Å². The Morgan fingerprint density at radius 2 is 1.80 bits per heavy atom. The van der Waals surface area contributed by atoms with Gasteiger partial charge in [0.1, 0.15) is 5.15 Å². The van der Waals surface area contributed by atoms with Crippen molar-refractivity contribution in [2.24, 2.45) is 0 Å². The molecule has 0 unspecified atom stereocenters. The number of halogens is 4. The van der Waals surface area contributed by atoms with E-state index >= 15 is 0 Å². The minimum atomic E-state index is -0.528. The van der Waals surface area contributed by atoms with E-state index in [0.29, 0.717) is 16.3 Å². The molecule has 1 aromatic carbocycles. The average Bonchev–Trinajstić information content (AvgIpc) is 2.41. The molecule has 0 fully saturated rings. The van der Waals surface area contributed by atoms with E-state index in [0.717, 1.165) is 0 Å². The Hall–Kier alpha value is -1.000. The average molecular weight is 351 g/mol. The lowest BCUT2D eigenvalue weighted by atomic mass is 10.1. The van der Waals surface area contributed by atoms with Crippen molar-refractivity contribution in [3.63, 3.8) is 0 Å². The van der Waals surface area contributed by atoms with Gasteiger partial charge in [0.15, 0.2) is 0 Å². The highest BCUT2D eigenvalue weighted by atomic mass is 35.5. The number of hydrogen-bond donors (Lipinski definition) is 0. The van der Waals surface area contributed by atoms with Crippen LogP contribution < -0.4 is 0 Å². The molecule has 0 atom stereocenters. The summed E-state index contributed by atoms with van der Waals surface area (Å²) in [5, 5.41) is 1.10. The van der Waals surface area contributed by atoms with Gasteiger partial charge in [-0.05, 0) is 24.3 Å². The Kier molecular flexibility index (Phi) is 4.76. The van der Waals surface area contributed by atoms with E-state index in [9.17, 15) is 4.79 Å². The molecule has 0 spiro atoms. The Balaban J connectivity index is 2.64. The molecule has 0 amide bonds. The summed E-state index contributed by atoms with van der Waals surface area (Å²) in [6.45, 7) is 0. The fourth-order valence-electron chi connectivity index (χ4n) is 1.61. The third-order valence-corrected chi connectivity index (χ3v) is 3.70. The number of esters is 1. The van der Waals surface area contributed by atoms with Gasteiger partial charge >= 0.3 is 5.97 Å². The first-order chi connectivity index (χ1) is 9.42. The minimum absolute atomic E-state index is 0.134. The number of ether oxygens (including phenoxy) is 1. The molecule has 1 aromatic heterocycles. The number of rotatable bonds is 2. The van der Waals surface area contributed by atoms with Gasteiger partial charge in [-0.25, -0.2) is 9.78 Å². The number of carbonyl (C=O) groups is 1. The lowest BCUT2D eigenvalue weighted by Gasteiger charge is -2.08. The summed E-state index contributed by atoms with van der Waals surface area (Å²) in [6.07, 6.45) is 0. The van der Waals surface area contributed by atoms with E-state index < -0.39 is 5.97 Å². The van der Waals surface area contributed by atoms with E-state index in [2.05, 4.69) is 9.72 Å². The molecule has 7 heteroatoms. The van der Waals surface area contributed by atoms with Gasteiger partial charge in [-0.1, -0.05) is 46.4 Å². The van der Waals surface area contributed by atoms with Crippen LogP contribution in [0.2, 0.25) is 20.2 Å². The van der Waals surface area contributed by atoms with Crippen LogP contribution in [0.15, 0.2) is 24.3 Å². The third kappa shape index (κ3) is 3.18. The summed E-state index contributed by atoms with van der Waals surface area (Å²) in [4.78, 5) is 15.7. The van der Waals surface area contributed by atoms with Crippen LogP contribution in [0.4, 0.5) is 0 Å². The molecular formula is C13H7Cl4NO2. The van der Waals surface area contributed by atoms with Crippen molar-refractivity contribution in [1.82, 2.24) is 4.98 Å². The monoisotopic (exact) mass is 349 g/mol. The van der Waals surface area contributed by atoms with Crippen LogP contribution >= 0.6 is 46.4 Å². The summed E-state index contributed by atoms with van der Waals surface area (Å²) in [5.41, 5.74) is 1.12. The molecule has 2 aromatic rings. The van der Waals surface area contributed by atoms with E-state index in [1.54, 1.807) is 6.07 Å². The first kappa shape index (κ1) is 15.4. The summed E-state index contributed by atoms with van der Waals surface area (Å²) < 4.78 is 4.65. The summed E-state index contributed by atoms with van der Waals surface area (Å²) in [7, 11) is 1.28. The number of hydrogen-bond acceptors (Lipinski definition) is 3. The van der Waals surface area contributed by atoms with Gasteiger partial charge in [0.05, 0.1) is 28.4 Å². The van der Waals surface area contributed by atoms with Gasteiger partial charge in [-0.2, -0.15) is 0 Å². The van der Waals surface area contributed by atoms with Gasteiger partial charge in [-0.3, -0.25) is 0 Å². The first-order valence-electron chi connectivity index (χ1n) is 5.33. The quantitative estimate of drug-likeness (QED) is 0.427. The van der Waals surface area contributed by atoms with Crippen LogP contribution in [0, 0.1) is 0 Å². The van der Waals surface area contributed by atoms with Gasteiger partial charge in [0.2, 0.25) is 0 Å². The van der Waals surface area contributed by atoms with Crippen molar-refractivity contribution in [3.8, 4) is 11.3 Å². The van der Waals surface area contributed by atoms with Gasteiger partial charge in [0, 0.05) is 10.6 Å². The third-order valence-electron chi connectivity index (χ3n) is 2.48. The number of aromatic nitrogens is 1. The van der Waals surface area contributed by atoms with Crippen molar-refractivity contribution in [2.75, 3.05) is 7.11 Å². The van der Waals surface area contributed by atoms with E-state index in [1.165, 1.54) is 25.3 Å².